The summed E-state index contributed by atoms with van der Waals surface area (Å²) in [5.74, 6) is -0.859. The maximum absolute atomic E-state index is 14.0. The molecule has 15 heteroatoms. The normalized spacial score (nSPS) is 11.8. The van der Waals surface area contributed by atoms with E-state index in [9.17, 15) is 30.7 Å². The van der Waals surface area contributed by atoms with Gasteiger partial charge in [-0.2, -0.15) is 40.5 Å². The van der Waals surface area contributed by atoms with Gasteiger partial charge in [-0.25, -0.2) is 9.97 Å². The number of nitrogens with zero attached hydrogens (tertiary/aromatic N) is 4. The number of rotatable bonds is 8. The molecule has 0 fully saturated rings. The Bertz CT molecular complexity index is 1730. The van der Waals surface area contributed by atoms with Gasteiger partial charge in [-0.05, 0) is 66.7 Å². The van der Waals surface area contributed by atoms with Gasteiger partial charge in [0.05, 0.1) is 16.4 Å². The van der Waals surface area contributed by atoms with Gasteiger partial charge >= 0.3 is 19.4 Å². The molecule has 0 bridgehead atoms. The first-order valence-corrected chi connectivity index (χ1v) is 12.8. The predicted molar refractivity (Wildman–Crippen MR) is 144 cm³/mol. The fourth-order valence-electron chi connectivity index (χ4n) is 4.01. The topological polar surface area (TPSA) is 62.1 Å². The van der Waals surface area contributed by atoms with Crippen LogP contribution in [-0.4, -0.2) is 33.0 Å². The largest absolute Gasteiger partial charge is 0.435 e. The second-order valence-corrected chi connectivity index (χ2v) is 9.49. The highest BCUT2D eigenvalue weighted by Crippen LogP contribution is 2.40. The van der Waals surface area contributed by atoms with Crippen molar-refractivity contribution < 1.29 is 40.2 Å². The molecule has 0 saturated heterocycles. The first-order valence-electron chi connectivity index (χ1n) is 12.0. The van der Waals surface area contributed by atoms with Crippen molar-refractivity contribution in [1.29, 1.82) is 0 Å². The minimum absolute atomic E-state index is 0.00884. The second kappa shape index (κ2) is 12.1. The van der Waals surface area contributed by atoms with Crippen molar-refractivity contribution in [2.45, 2.75) is 19.4 Å². The zero-order valence-corrected chi connectivity index (χ0v) is 22.7. The van der Waals surface area contributed by atoms with Crippen LogP contribution in [0.5, 0.6) is 11.5 Å². The van der Waals surface area contributed by atoms with Crippen LogP contribution in [0.2, 0.25) is 10.0 Å². The lowest BCUT2D eigenvalue weighted by molar-refractivity contribution is -0.141. The van der Waals surface area contributed by atoms with Gasteiger partial charge in [0.1, 0.15) is 17.2 Å². The minimum atomic E-state index is -4.88. The molecule has 0 N–H and O–H groups in total. The van der Waals surface area contributed by atoms with Crippen LogP contribution in [-0.2, 0) is 6.18 Å². The van der Waals surface area contributed by atoms with Crippen molar-refractivity contribution in [2.24, 2.45) is 0 Å². The molecule has 0 radical (unpaired) electrons. The van der Waals surface area contributed by atoms with E-state index in [1.807, 2.05) is 0 Å². The molecular weight excluding hydrogens is 628 g/mol. The summed E-state index contributed by atoms with van der Waals surface area (Å²) in [5.41, 5.74) is -0.539. The summed E-state index contributed by atoms with van der Waals surface area (Å²) >= 11 is 12.7. The number of halogens is 9. The lowest BCUT2D eigenvalue weighted by atomic mass is 10.1. The summed E-state index contributed by atoms with van der Waals surface area (Å²) in [6, 6.07) is 16.9. The number of benzene rings is 3. The summed E-state index contributed by atoms with van der Waals surface area (Å²) < 4.78 is 102. The smallest absolute Gasteiger partial charge is 0.433 e. The highest BCUT2D eigenvalue weighted by molar-refractivity contribution is 6.35. The van der Waals surface area contributed by atoms with Crippen molar-refractivity contribution in [1.82, 2.24) is 19.7 Å². The SMILES string of the molecule is FC(F)Oc1ccc(-c2nn(-c3nc(-c4ccc(Cl)cc4)cc(C(F)(F)F)n3)c(-c3ccc(OC(F)F)cc3)c2Cl)cc1. The van der Waals surface area contributed by atoms with E-state index in [4.69, 9.17) is 23.2 Å². The maximum atomic E-state index is 14.0. The van der Waals surface area contributed by atoms with E-state index in [0.29, 0.717) is 10.6 Å². The lowest BCUT2D eigenvalue weighted by Gasteiger charge is -2.13. The average Bonchev–Trinajstić information content (AvgIpc) is 3.30. The van der Waals surface area contributed by atoms with Crippen LogP contribution in [0.15, 0.2) is 78.9 Å². The number of alkyl halides is 7. The second-order valence-electron chi connectivity index (χ2n) is 8.67. The summed E-state index contributed by atoms with van der Waals surface area (Å²) in [6.07, 6.45) is -4.88. The molecule has 3 aromatic carbocycles. The van der Waals surface area contributed by atoms with Gasteiger partial charge < -0.3 is 9.47 Å². The number of hydrogen-bond acceptors (Lipinski definition) is 5. The molecule has 2 heterocycles. The van der Waals surface area contributed by atoms with Crippen molar-refractivity contribution in [3.63, 3.8) is 0 Å². The van der Waals surface area contributed by atoms with Crippen molar-refractivity contribution in [3.8, 4) is 51.2 Å². The van der Waals surface area contributed by atoms with Crippen LogP contribution in [0.25, 0.3) is 39.7 Å². The Morgan fingerprint density at radius 3 is 1.70 bits per heavy atom. The van der Waals surface area contributed by atoms with Crippen LogP contribution >= 0.6 is 23.2 Å². The van der Waals surface area contributed by atoms with Gasteiger partial charge in [0.2, 0.25) is 0 Å². The molecule has 0 saturated carbocycles. The third kappa shape index (κ3) is 6.83. The van der Waals surface area contributed by atoms with E-state index >= 15 is 0 Å². The summed E-state index contributed by atoms with van der Waals surface area (Å²) in [7, 11) is 0. The van der Waals surface area contributed by atoms with Gasteiger partial charge in [0, 0.05) is 21.7 Å². The zero-order valence-electron chi connectivity index (χ0n) is 21.2. The van der Waals surface area contributed by atoms with Crippen LogP contribution in [0.1, 0.15) is 5.69 Å². The molecule has 6 nitrogen and oxygen atoms in total. The molecular formula is C28H15Cl2F7N4O2. The van der Waals surface area contributed by atoms with Crippen molar-refractivity contribution in [2.75, 3.05) is 0 Å². The standard InChI is InChI=1S/C28H15Cl2F7N4O2/c29-17-7-1-14(2-8-17)20-13-21(28(35,36)37)39-27(38-20)41-24(16-5-11-19(12-6-16)43-26(33)34)22(30)23(40-41)15-3-9-18(10-4-15)42-25(31)32/h1-13,25-26H. The molecule has 0 atom stereocenters. The van der Waals surface area contributed by atoms with Gasteiger partial charge in [-0.1, -0.05) is 35.3 Å². The van der Waals surface area contributed by atoms with Gasteiger partial charge in [-0.3, -0.25) is 0 Å². The maximum Gasteiger partial charge on any atom is 0.433 e. The molecule has 0 amide bonds. The van der Waals surface area contributed by atoms with E-state index < -0.39 is 31.0 Å². The Hall–Kier alpha value is -4.36. The van der Waals surface area contributed by atoms with Crippen molar-refractivity contribution in [3.05, 3.63) is 94.6 Å². The van der Waals surface area contributed by atoms with Gasteiger partial charge in [-0.15, -0.1) is 0 Å². The fraction of sp³-hybridized carbons (Fsp3) is 0.107. The molecule has 0 aliphatic carbocycles. The Balaban J connectivity index is 1.71. The number of hydrogen-bond donors (Lipinski definition) is 0. The Kier molecular flexibility index (Phi) is 8.47. The average molecular weight is 643 g/mol. The molecule has 5 rings (SSSR count). The van der Waals surface area contributed by atoms with E-state index in [2.05, 4.69) is 24.5 Å². The monoisotopic (exact) mass is 642 g/mol. The first-order chi connectivity index (χ1) is 20.4. The summed E-state index contributed by atoms with van der Waals surface area (Å²) in [6.45, 7) is -6.15. The molecule has 222 valence electrons. The molecule has 0 aliphatic rings. The van der Waals surface area contributed by atoms with E-state index in [1.54, 1.807) is 0 Å². The molecule has 0 spiro atoms. The van der Waals surface area contributed by atoms with Gasteiger partial charge in [0.25, 0.3) is 5.95 Å². The highest BCUT2D eigenvalue weighted by atomic mass is 35.5. The third-order valence-electron chi connectivity index (χ3n) is 5.87. The molecule has 0 unspecified atom stereocenters. The first kappa shape index (κ1) is 30.1. The Labute approximate surface area is 248 Å². The molecule has 5 aromatic rings. The number of aromatic nitrogens is 4. The number of ether oxygens (including phenoxy) is 2. The van der Waals surface area contributed by atoms with Crippen LogP contribution in [0.3, 0.4) is 0 Å². The van der Waals surface area contributed by atoms with Crippen LogP contribution in [0, 0.1) is 0 Å². The lowest BCUT2D eigenvalue weighted by Crippen LogP contribution is -2.14. The molecule has 2 aromatic heterocycles. The minimum Gasteiger partial charge on any atom is -0.435 e. The molecule has 43 heavy (non-hydrogen) atoms. The Morgan fingerprint density at radius 1 is 0.674 bits per heavy atom. The van der Waals surface area contributed by atoms with Crippen LogP contribution < -0.4 is 9.47 Å². The predicted octanol–water partition coefficient (Wildman–Crippen LogP) is 9.19. The van der Waals surface area contributed by atoms with Crippen molar-refractivity contribution >= 4 is 23.2 Å². The van der Waals surface area contributed by atoms with E-state index in [0.717, 1.165) is 10.7 Å². The quantitative estimate of drug-likeness (QED) is 0.158. The fourth-order valence-corrected chi connectivity index (χ4v) is 4.47. The van der Waals surface area contributed by atoms with E-state index in [1.165, 1.54) is 72.8 Å². The molecule has 0 aliphatic heterocycles. The van der Waals surface area contributed by atoms with Crippen LogP contribution in [0.4, 0.5) is 30.7 Å². The summed E-state index contributed by atoms with van der Waals surface area (Å²) in [5, 5.41) is 4.66. The van der Waals surface area contributed by atoms with E-state index in [-0.39, 0.29) is 44.7 Å². The highest BCUT2D eigenvalue weighted by Gasteiger charge is 2.35. The Morgan fingerprint density at radius 2 is 1.19 bits per heavy atom. The third-order valence-corrected chi connectivity index (χ3v) is 6.48. The zero-order chi connectivity index (χ0) is 30.9. The van der Waals surface area contributed by atoms with Gasteiger partial charge in [0.15, 0.2) is 5.69 Å². The summed E-state index contributed by atoms with van der Waals surface area (Å²) in [4.78, 5) is 8.02.